The number of carbonyl (C=O) groups is 1. The van der Waals surface area contributed by atoms with Gasteiger partial charge in [0.2, 0.25) is 5.91 Å². The number of allylic oxidation sites excluding steroid dienone is 1. The molecule has 2 N–H and O–H groups in total. The van der Waals surface area contributed by atoms with Gasteiger partial charge >= 0.3 is 6.18 Å². The van der Waals surface area contributed by atoms with E-state index in [0.29, 0.717) is 17.0 Å². The van der Waals surface area contributed by atoms with Crippen LogP contribution in [0.5, 0.6) is 0 Å². The second-order valence-corrected chi connectivity index (χ2v) is 5.03. The van der Waals surface area contributed by atoms with Crippen molar-refractivity contribution in [3.63, 3.8) is 0 Å². The lowest BCUT2D eigenvalue weighted by Crippen LogP contribution is -2.20. The number of fused-ring (bicyclic) bond motifs is 3. The number of nitrogens with two attached hydrogens (primary N) is 1. The summed E-state index contributed by atoms with van der Waals surface area (Å²) in [6.07, 6.45) is -4.48. The molecule has 0 atom stereocenters. The van der Waals surface area contributed by atoms with E-state index in [-0.39, 0.29) is 23.2 Å². The van der Waals surface area contributed by atoms with Crippen LogP contribution in [0, 0.1) is 6.92 Å². The van der Waals surface area contributed by atoms with Gasteiger partial charge in [-0.2, -0.15) is 18.3 Å². The highest BCUT2D eigenvalue weighted by atomic mass is 19.4. The van der Waals surface area contributed by atoms with Gasteiger partial charge in [0.05, 0.1) is 11.4 Å². The number of aromatic nitrogens is 3. The molecule has 21 heavy (non-hydrogen) atoms. The Bertz CT molecular complexity index is 817. The topological polar surface area (TPSA) is 73.3 Å². The minimum Gasteiger partial charge on any atom is -0.366 e. The molecule has 2 aromatic rings. The summed E-state index contributed by atoms with van der Waals surface area (Å²) in [6, 6.07) is 1.47. The molecule has 0 aromatic carbocycles. The average molecular weight is 296 g/mol. The molecule has 8 heteroatoms. The summed E-state index contributed by atoms with van der Waals surface area (Å²) in [5, 5.41) is 4.14. The first-order valence-electron chi connectivity index (χ1n) is 6.16. The molecular formula is C13H11F3N4O. The summed E-state index contributed by atoms with van der Waals surface area (Å²) in [7, 11) is 0. The Morgan fingerprint density at radius 3 is 2.62 bits per heavy atom. The molecule has 0 saturated heterocycles. The van der Waals surface area contributed by atoms with Crippen molar-refractivity contribution in [2.45, 2.75) is 26.4 Å². The third-order valence-corrected chi connectivity index (χ3v) is 3.44. The zero-order valence-electron chi connectivity index (χ0n) is 11.2. The Morgan fingerprint density at radius 1 is 1.38 bits per heavy atom. The minimum absolute atomic E-state index is 0.108. The van der Waals surface area contributed by atoms with Crippen LogP contribution in [0.4, 0.5) is 13.2 Å². The maximum atomic E-state index is 13.3. The maximum absolute atomic E-state index is 13.3. The molecule has 0 unspecified atom stereocenters. The standard InChI is InChI=1S/C13H11F3N4O/c1-5-3-7-10(9(5)12(17)21)11(13(14,15)16)18-8-4-6(2)19-20(7)8/h4H,3H2,1-2H3,(H2,17,21). The van der Waals surface area contributed by atoms with Crippen LogP contribution in [-0.2, 0) is 17.4 Å². The van der Waals surface area contributed by atoms with Gasteiger partial charge in [-0.25, -0.2) is 9.50 Å². The minimum atomic E-state index is -4.67. The highest BCUT2D eigenvalue weighted by Crippen LogP contribution is 2.41. The van der Waals surface area contributed by atoms with Crippen LogP contribution in [0.3, 0.4) is 0 Å². The van der Waals surface area contributed by atoms with Crippen molar-refractivity contribution in [1.29, 1.82) is 0 Å². The Balaban J connectivity index is 2.45. The van der Waals surface area contributed by atoms with Gasteiger partial charge in [0.25, 0.3) is 0 Å². The van der Waals surface area contributed by atoms with E-state index in [1.54, 1.807) is 13.8 Å². The fourth-order valence-electron chi connectivity index (χ4n) is 2.69. The van der Waals surface area contributed by atoms with Crippen LogP contribution in [0.15, 0.2) is 11.6 Å². The van der Waals surface area contributed by atoms with E-state index in [0.717, 1.165) is 0 Å². The van der Waals surface area contributed by atoms with E-state index in [4.69, 9.17) is 5.73 Å². The second-order valence-electron chi connectivity index (χ2n) is 5.03. The molecule has 0 saturated carbocycles. The zero-order chi connectivity index (χ0) is 15.5. The number of aryl methyl sites for hydroxylation is 1. The molecule has 1 aliphatic carbocycles. The van der Waals surface area contributed by atoms with E-state index in [1.165, 1.54) is 10.6 Å². The van der Waals surface area contributed by atoms with Crippen LogP contribution in [-0.4, -0.2) is 20.5 Å². The molecule has 3 rings (SSSR count). The Morgan fingerprint density at radius 2 is 2.05 bits per heavy atom. The molecule has 1 amide bonds. The molecule has 0 fully saturated rings. The highest BCUT2D eigenvalue weighted by Gasteiger charge is 2.42. The van der Waals surface area contributed by atoms with Gasteiger partial charge in [-0.3, -0.25) is 4.79 Å². The van der Waals surface area contributed by atoms with Crippen molar-refractivity contribution >= 4 is 17.1 Å². The fourth-order valence-corrected chi connectivity index (χ4v) is 2.69. The first-order chi connectivity index (χ1) is 9.70. The molecule has 2 aromatic heterocycles. The van der Waals surface area contributed by atoms with Gasteiger partial charge in [0.1, 0.15) is 0 Å². The number of halogens is 3. The van der Waals surface area contributed by atoms with E-state index in [1.807, 2.05) is 0 Å². The Kier molecular flexibility index (Phi) is 2.63. The quantitative estimate of drug-likeness (QED) is 0.873. The van der Waals surface area contributed by atoms with Gasteiger partial charge in [0, 0.05) is 23.6 Å². The van der Waals surface area contributed by atoms with Crippen LogP contribution >= 0.6 is 0 Å². The third kappa shape index (κ3) is 1.90. The smallest absolute Gasteiger partial charge is 0.366 e. The van der Waals surface area contributed by atoms with Gasteiger partial charge in [-0.05, 0) is 13.8 Å². The summed E-state index contributed by atoms with van der Waals surface area (Å²) in [5.41, 5.74) is 5.24. The van der Waals surface area contributed by atoms with Crippen molar-refractivity contribution < 1.29 is 18.0 Å². The first kappa shape index (κ1) is 13.6. The van der Waals surface area contributed by atoms with Crippen LogP contribution in [0.2, 0.25) is 0 Å². The van der Waals surface area contributed by atoms with Crippen molar-refractivity contribution in [3.05, 3.63) is 34.3 Å². The predicted molar refractivity (Wildman–Crippen MR) is 68.2 cm³/mol. The molecule has 110 valence electrons. The van der Waals surface area contributed by atoms with Crippen molar-refractivity contribution in [1.82, 2.24) is 14.6 Å². The lowest BCUT2D eigenvalue weighted by atomic mass is 10.0. The van der Waals surface area contributed by atoms with Gasteiger partial charge in [-0.15, -0.1) is 0 Å². The number of rotatable bonds is 1. The monoisotopic (exact) mass is 296 g/mol. The van der Waals surface area contributed by atoms with E-state index in [9.17, 15) is 18.0 Å². The van der Waals surface area contributed by atoms with Crippen LogP contribution in [0.25, 0.3) is 11.2 Å². The molecular weight excluding hydrogens is 285 g/mol. The molecule has 5 nitrogen and oxygen atoms in total. The Labute approximate surface area is 117 Å². The molecule has 0 bridgehead atoms. The van der Waals surface area contributed by atoms with Gasteiger partial charge in [-0.1, -0.05) is 5.57 Å². The van der Waals surface area contributed by atoms with Crippen molar-refractivity contribution in [2.24, 2.45) is 5.73 Å². The van der Waals surface area contributed by atoms with Crippen LogP contribution in [0.1, 0.15) is 29.6 Å². The number of carbonyl (C=O) groups excluding carboxylic acids is 1. The largest absolute Gasteiger partial charge is 0.434 e. The summed E-state index contributed by atoms with van der Waals surface area (Å²) in [6.45, 7) is 3.25. The number of primary amides is 1. The molecule has 0 radical (unpaired) electrons. The van der Waals surface area contributed by atoms with E-state index in [2.05, 4.69) is 10.1 Å². The molecule has 2 heterocycles. The van der Waals surface area contributed by atoms with Gasteiger partial charge in [0.15, 0.2) is 11.3 Å². The Hall–Kier alpha value is -2.38. The van der Waals surface area contributed by atoms with Gasteiger partial charge < -0.3 is 5.73 Å². The summed E-state index contributed by atoms with van der Waals surface area (Å²) >= 11 is 0. The van der Waals surface area contributed by atoms with Crippen LogP contribution < -0.4 is 5.73 Å². The lowest BCUT2D eigenvalue weighted by Gasteiger charge is -2.13. The van der Waals surface area contributed by atoms with Crippen molar-refractivity contribution in [3.8, 4) is 0 Å². The summed E-state index contributed by atoms with van der Waals surface area (Å²) in [5.74, 6) is -0.887. The SMILES string of the molecule is CC1=C(C(N)=O)c2c(C(F)(F)F)nc3cc(C)nn3c2C1. The molecule has 1 aliphatic rings. The van der Waals surface area contributed by atoms with E-state index < -0.39 is 17.8 Å². The highest BCUT2D eigenvalue weighted by molar-refractivity contribution is 6.21. The number of hydrogen-bond acceptors (Lipinski definition) is 3. The maximum Gasteiger partial charge on any atom is 0.434 e. The lowest BCUT2D eigenvalue weighted by molar-refractivity contribution is -0.141. The summed E-state index contributed by atoms with van der Waals surface area (Å²) < 4.78 is 41.2. The average Bonchev–Trinajstić information content (AvgIpc) is 2.85. The normalized spacial score (nSPS) is 14.9. The van der Waals surface area contributed by atoms with E-state index >= 15 is 0 Å². The molecule has 0 aliphatic heterocycles. The number of alkyl halides is 3. The number of nitrogens with zero attached hydrogens (tertiary/aromatic N) is 3. The van der Waals surface area contributed by atoms with Crippen molar-refractivity contribution in [2.75, 3.05) is 0 Å². The fraction of sp³-hybridized carbons (Fsp3) is 0.308. The predicted octanol–water partition coefficient (Wildman–Crippen LogP) is 1.87. The first-order valence-corrected chi connectivity index (χ1v) is 6.16. The number of amides is 1. The number of hydrogen-bond donors (Lipinski definition) is 1. The summed E-state index contributed by atoms with van der Waals surface area (Å²) in [4.78, 5) is 15.2. The molecule has 0 spiro atoms. The zero-order valence-corrected chi connectivity index (χ0v) is 11.2. The second kappa shape index (κ2) is 4.06. The third-order valence-electron chi connectivity index (χ3n) is 3.44.